The van der Waals surface area contributed by atoms with Crippen LogP contribution in [-0.2, 0) is 0 Å². The Labute approximate surface area is 209 Å². The molecule has 3 rings (SSSR count). The molecule has 0 amide bonds. The van der Waals surface area contributed by atoms with Crippen LogP contribution in [0.5, 0.6) is 0 Å². The van der Waals surface area contributed by atoms with E-state index in [0.29, 0.717) is 0 Å². The summed E-state index contributed by atoms with van der Waals surface area (Å²) in [6, 6.07) is 0. The van der Waals surface area contributed by atoms with Crippen molar-refractivity contribution in [2.24, 2.45) is 23.2 Å². The molecule has 0 heteroatoms. The van der Waals surface area contributed by atoms with Gasteiger partial charge in [0.05, 0.1) is 0 Å². The van der Waals surface area contributed by atoms with Crippen molar-refractivity contribution >= 4 is 0 Å². The molecule has 0 N–H and O–H groups in total. The van der Waals surface area contributed by atoms with E-state index in [1.165, 1.54) is 89.9 Å². The molecule has 0 aromatic heterocycles. The predicted molar refractivity (Wildman–Crippen MR) is 148 cm³/mol. The van der Waals surface area contributed by atoms with E-state index in [1.807, 2.05) is 0 Å². The van der Waals surface area contributed by atoms with Crippen LogP contribution in [0.1, 0.15) is 187 Å². The first-order valence-corrected chi connectivity index (χ1v) is 16.4. The maximum absolute atomic E-state index is 2.32. The Kier molecular flexibility index (Phi) is 13.9. The lowest BCUT2D eigenvalue weighted by molar-refractivity contribution is -0.0571. The van der Waals surface area contributed by atoms with Crippen LogP contribution in [0.15, 0.2) is 0 Å². The molecule has 0 unspecified atom stereocenters. The van der Waals surface area contributed by atoms with Crippen LogP contribution in [-0.4, -0.2) is 0 Å². The fourth-order valence-corrected chi connectivity index (χ4v) is 8.80. The van der Waals surface area contributed by atoms with E-state index in [-0.39, 0.29) is 0 Å². The largest absolute Gasteiger partial charge is 0.0654 e. The minimum absolute atomic E-state index is 0.750. The summed E-state index contributed by atoms with van der Waals surface area (Å²) >= 11 is 0. The van der Waals surface area contributed by atoms with E-state index in [2.05, 4.69) is 6.92 Å². The topological polar surface area (TPSA) is 0 Å². The minimum atomic E-state index is 0.750. The van der Waals surface area contributed by atoms with Gasteiger partial charge in [-0.05, 0) is 68.1 Å². The molecule has 3 fully saturated rings. The van der Waals surface area contributed by atoms with Crippen molar-refractivity contribution in [2.75, 3.05) is 0 Å². The molecule has 194 valence electrons. The molecule has 0 radical (unpaired) electrons. The van der Waals surface area contributed by atoms with Crippen LogP contribution in [0.3, 0.4) is 0 Å². The Morgan fingerprint density at radius 2 is 0.697 bits per heavy atom. The normalized spacial score (nSPS) is 22.1. The van der Waals surface area contributed by atoms with Gasteiger partial charge in [0.15, 0.2) is 0 Å². The van der Waals surface area contributed by atoms with Crippen molar-refractivity contribution in [3.05, 3.63) is 0 Å². The minimum Gasteiger partial charge on any atom is -0.0654 e. The molecule has 0 bridgehead atoms. The Bertz CT molecular complexity index is 401. The molecule has 0 nitrogen and oxygen atoms in total. The van der Waals surface area contributed by atoms with Crippen molar-refractivity contribution in [2.45, 2.75) is 187 Å². The Morgan fingerprint density at radius 1 is 0.394 bits per heavy atom. The first-order chi connectivity index (χ1) is 16.4. The fourth-order valence-electron chi connectivity index (χ4n) is 8.80. The van der Waals surface area contributed by atoms with E-state index >= 15 is 0 Å². The molecule has 0 heterocycles. The van der Waals surface area contributed by atoms with Gasteiger partial charge in [-0.2, -0.15) is 0 Å². The summed E-state index contributed by atoms with van der Waals surface area (Å²) in [6.45, 7) is 2.32. The molecule has 0 saturated heterocycles. The maximum Gasteiger partial charge on any atom is -0.0213 e. The van der Waals surface area contributed by atoms with E-state index in [4.69, 9.17) is 0 Å². The molecule has 0 atom stereocenters. The Hall–Kier alpha value is 0. The van der Waals surface area contributed by atoms with Crippen molar-refractivity contribution in [1.29, 1.82) is 0 Å². The highest BCUT2D eigenvalue weighted by atomic mass is 14.5. The second kappa shape index (κ2) is 16.6. The molecule has 0 spiro atoms. The molecule has 3 aliphatic carbocycles. The van der Waals surface area contributed by atoms with Crippen LogP contribution in [0.4, 0.5) is 0 Å². The average Bonchev–Trinajstić information content (AvgIpc) is 2.89. The SMILES string of the molecule is CCCCCCCCCCCCCCC(C1CCCCC1)(C1CCCCC1)C1CCCCC1. The summed E-state index contributed by atoms with van der Waals surface area (Å²) in [4.78, 5) is 0. The standard InChI is InChI=1S/C33H62/c1-2-3-4-5-6-7-8-9-10-11-12-22-29-33(30-23-16-13-17-24-30,31-25-18-14-19-26-31)32-27-20-15-21-28-32/h30-32H,2-29H2,1H3. The van der Waals surface area contributed by atoms with Gasteiger partial charge < -0.3 is 0 Å². The van der Waals surface area contributed by atoms with Crippen LogP contribution in [0, 0.1) is 23.2 Å². The third-order valence-corrected chi connectivity index (χ3v) is 10.6. The molecular weight excluding hydrogens is 396 g/mol. The number of hydrogen-bond donors (Lipinski definition) is 0. The Balaban J connectivity index is 1.47. The van der Waals surface area contributed by atoms with Gasteiger partial charge in [-0.25, -0.2) is 0 Å². The van der Waals surface area contributed by atoms with Crippen LogP contribution in [0.2, 0.25) is 0 Å². The third kappa shape index (κ3) is 8.86. The second-order valence-electron chi connectivity index (χ2n) is 12.8. The second-order valence-corrected chi connectivity index (χ2v) is 12.8. The Morgan fingerprint density at radius 3 is 1.03 bits per heavy atom. The molecule has 33 heavy (non-hydrogen) atoms. The van der Waals surface area contributed by atoms with Crippen molar-refractivity contribution in [1.82, 2.24) is 0 Å². The van der Waals surface area contributed by atoms with Gasteiger partial charge in [-0.15, -0.1) is 0 Å². The van der Waals surface area contributed by atoms with Crippen LogP contribution < -0.4 is 0 Å². The van der Waals surface area contributed by atoms with Gasteiger partial charge in [0, 0.05) is 0 Å². The van der Waals surface area contributed by atoms with E-state index in [0.717, 1.165) is 23.2 Å². The molecule has 0 aromatic carbocycles. The van der Waals surface area contributed by atoms with Crippen molar-refractivity contribution in [3.8, 4) is 0 Å². The first-order valence-electron chi connectivity index (χ1n) is 16.4. The summed E-state index contributed by atoms with van der Waals surface area (Å²) in [7, 11) is 0. The van der Waals surface area contributed by atoms with Gasteiger partial charge in [0.1, 0.15) is 0 Å². The summed E-state index contributed by atoms with van der Waals surface area (Å²) in [5, 5.41) is 0. The number of rotatable bonds is 16. The molecule has 0 aliphatic heterocycles. The van der Waals surface area contributed by atoms with Crippen LogP contribution >= 0.6 is 0 Å². The highest BCUT2D eigenvalue weighted by Crippen LogP contribution is 2.59. The summed E-state index contributed by atoms with van der Waals surface area (Å²) in [5.41, 5.74) is 0.750. The quantitative estimate of drug-likeness (QED) is 0.202. The van der Waals surface area contributed by atoms with Gasteiger partial charge in [0.25, 0.3) is 0 Å². The molecule has 3 saturated carbocycles. The summed E-state index contributed by atoms with van der Waals surface area (Å²) in [6.07, 6.45) is 42.9. The van der Waals surface area contributed by atoms with Crippen LogP contribution in [0.25, 0.3) is 0 Å². The maximum atomic E-state index is 2.32. The van der Waals surface area contributed by atoms with Gasteiger partial charge in [-0.3, -0.25) is 0 Å². The molecule has 0 aromatic rings. The lowest BCUT2D eigenvalue weighted by Crippen LogP contribution is -2.47. The van der Waals surface area contributed by atoms with Gasteiger partial charge in [0.2, 0.25) is 0 Å². The van der Waals surface area contributed by atoms with Crippen molar-refractivity contribution in [3.63, 3.8) is 0 Å². The van der Waals surface area contributed by atoms with E-state index < -0.39 is 0 Å². The monoisotopic (exact) mass is 458 g/mol. The van der Waals surface area contributed by atoms with E-state index in [1.54, 1.807) is 89.9 Å². The zero-order valence-electron chi connectivity index (χ0n) is 23.0. The van der Waals surface area contributed by atoms with Gasteiger partial charge >= 0.3 is 0 Å². The van der Waals surface area contributed by atoms with E-state index in [9.17, 15) is 0 Å². The molecular formula is C33H62. The highest BCUT2D eigenvalue weighted by Gasteiger charge is 2.49. The lowest BCUT2D eigenvalue weighted by Gasteiger charge is -2.55. The fraction of sp³-hybridized carbons (Fsp3) is 1.00. The molecule has 3 aliphatic rings. The lowest BCUT2D eigenvalue weighted by atomic mass is 9.50. The smallest absolute Gasteiger partial charge is 0.0213 e. The average molecular weight is 459 g/mol. The summed E-state index contributed by atoms with van der Waals surface area (Å²) in [5.74, 6) is 3.26. The number of hydrogen-bond acceptors (Lipinski definition) is 0. The first kappa shape index (κ1) is 27.6. The van der Waals surface area contributed by atoms with Gasteiger partial charge in [-0.1, -0.05) is 142 Å². The zero-order valence-corrected chi connectivity index (χ0v) is 23.0. The highest BCUT2D eigenvalue weighted by molar-refractivity contribution is 4.99. The summed E-state index contributed by atoms with van der Waals surface area (Å²) < 4.78 is 0. The third-order valence-electron chi connectivity index (χ3n) is 10.6. The van der Waals surface area contributed by atoms with Crippen molar-refractivity contribution < 1.29 is 0 Å². The zero-order chi connectivity index (χ0) is 23.0. The predicted octanol–water partition coefficient (Wildman–Crippen LogP) is 11.8. The number of unbranched alkanes of at least 4 members (excludes halogenated alkanes) is 11.